The van der Waals surface area contributed by atoms with Crippen LogP contribution in [0, 0.1) is 17.0 Å². The Morgan fingerprint density at radius 3 is 2.44 bits per heavy atom. The highest BCUT2D eigenvalue weighted by atomic mass is 35.5. The summed E-state index contributed by atoms with van der Waals surface area (Å²) in [6.07, 6.45) is 0. The zero-order valence-electron chi connectivity index (χ0n) is 14.9. The van der Waals surface area contributed by atoms with Crippen molar-refractivity contribution in [1.29, 1.82) is 0 Å². The molecule has 1 aliphatic heterocycles. The number of nitro benzene ring substituents is 1. The van der Waals surface area contributed by atoms with E-state index in [4.69, 9.17) is 11.6 Å². The second-order valence-corrected chi connectivity index (χ2v) is 6.84. The van der Waals surface area contributed by atoms with E-state index < -0.39 is 11.0 Å². The predicted molar refractivity (Wildman–Crippen MR) is 102 cm³/mol. The topological polar surface area (TPSA) is 83.8 Å². The average Bonchev–Trinajstić information content (AvgIpc) is 2.64. The fourth-order valence-corrected chi connectivity index (χ4v) is 3.43. The molecule has 2 amide bonds. The highest BCUT2D eigenvalue weighted by molar-refractivity contribution is 6.30. The van der Waals surface area contributed by atoms with E-state index in [0.29, 0.717) is 23.7 Å². The lowest BCUT2D eigenvalue weighted by atomic mass is 10.1. The van der Waals surface area contributed by atoms with Crippen LogP contribution in [0.15, 0.2) is 42.5 Å². The van der Waals surface area contributed by atoms with Crippen LogP contribution in [0.2, 0.25) is 5.02 Å². The fraction of sp³-hybridized carbons (Fsp3) is 0.263. The first-order valence-corrected chi connectivity index (χ1v) is 8.80. The lowest BCUT2D eigenvalue weighted by Crippen LogP contribution is -2.57. The number of carbonyl (C=O) groups excluding carboxylic acids is 2. The summed E-state index contributed by atoms with van der Waals surface area (Å²) in [6.45, 7) is 4.30. The number of nitrogens with zero attached hydrogens (tertiary/aromatic N) is 3. The van der Waals surface area contributed by atoms with Crippen LogP contribution < -0.4 is 4.90 Å². The molecule has 140 valence electrons. The number of rotatable bonds is 3. The first-order valence-electron chi connectivity index (χ1n) is 8.42. The molecule has 0 saturated carbocycles. The van der Waals surface area contributed by atoms with Gasteiger partial charge in [-0.25, -0.2) is 0 Å². The van der Waals surface area contributed by atoms with Gasteiger partial charge in [0.2, 0.25) is 5.91 Å². The SMILES string of the molecule is Cc1cc(Cl)ccc1N1CCN(C(=O)c2ccc([N+](=O)[O-])cc2)[C@H](C)C1=O. The number of non-ortho nitro benzene ring substituents is 1. The molecular weight excluding hydrogens is 370 g/mol. The van der Waals surface area contributed by atoms with Crippen LogP contribution in [-0.2, 0) is 4.79 Å². The van der Waals surface area contributed by atoms with E-state index >= 15 is 0 Å². The second-order valence-electron chi connectivity index (χ2n) is 6.40. The van der Waals surface area contributed by atoms with Crippen LogP contribution >= 0.6 is 11.6 Å². The molecule has 0 radical (unpaired) electrons. The molecule has 2 aromatic rings. The van der Waals surface area contributed by atoms with E-state index in [1.54, 1.807) is 30.0 Å². The van der Waals surface area contributed by atoms with E-state index in [0.717, 1.165) is 11.3 Å². The first kappa shape index (κ1) is 18.8. The smallest absolute Gasteiger partial charge is 0.269 e. The summed E-state index contributed by atoms with van der Waals surface area (Å²) in [4.78, 5) is 39.0. The summed E-state index contributed by atoms with van der Waals surface area (Å²) >= 11 is 5.99. The third-order valence-electron chi connectivity index (χ3n) is 4.69. The minimum Gasteiger partial charge on any atom is -0.325 e. The number of amides is 2. The molecular formula is C19H18ClN3O4. The molecule has 1 aliphatic rings. The van der Waals surface area contributed by atoms with Crippen molar-refractivity contribution in [1.82, 2.24) is 4.90 Å². The maximum Gasteiger partial charge on any atom is 0.269 e. The molecule has 1 atom stereocenters. The third kappa shape index (κ3) is 3.64. The Morgan fingerprint density at radius 2 is 1.85 bits per heavy atom. The molecule has 3 rings (SSSR count). The summed E-state index contributed by atoms with van der Waals surface area (Å²) in [6, 6.07) is 10.1. The van der Waals surface area contributed by atoms with E-state index in [1.165, 1.54) is 29.2 Å². The highest BCUT2D eigenvalue weighted by Crippen LogP contribution is 2.27. The largest absolute Gasteiger partial charge is 0.325 e. The van der Waals surface area contributed by atoms with Crippen molar-refractivity contribution in [2.24, 2.45) is 0 Å². The molecule has 0 aliphatic carbocycles. The molecule has 2 aromatic carbocycles. The van der Waals surface area contributed by atoms with Crippen LogP contribution in [0.3, 0.4) is 0 Å². The lowest BCUT2D eigenvalue weighted by molar-refractivity contribution is -0.384. The summed E-state index contributed by atoms with van der Waals surface area (Å²) in [5.41, 5.74) is 1.90. The van der Waals surface area contributed by atoms with Gasteiger partial charge in [-0.15, -0.1) is 0 Å². The molecule has 0 bridgehead atoms. The van der Waals surface area contributed by atoms with Crippen LogP contribution in [0.5, 0.6) is 0 Å². The maximum atomic E-state index is 12.9. The van der Waals surface area contributed by atoms with Crippen LogP contribution in [0.25, 0.3) is 0 Å². The van der Waals surface area contributed by atoms with Crippen LogP contribution in [0.4, 0.5) is 11.4 Å². The van der Waals surface area contributed by atoms with Crippen molar-refractivity contribution in [2.75, 3.05) is 18.0 Å². The number of anilines is 1. The summed E-state index contributed by atoms with van der Waals surface area (Å²) < 4.78 is 0. The van der Waals surface area contributed by atoms with Gasteiger partial charge in [0.15, 0.2) is 0 Å². The predicted octanol–water partition coefficient (Wildman–Crippen LogP) is 3.43. The molecule has 0 spiro atoms. The number of hydrogen-bond donors (Lipinski definition) is 0. The molecule has 0 N–H and O–H groups in total. The molecule has 1 fully saturated rings. The van der Waals surface area contributed by atoms with Crippen molar-refractivity contribution < 1.29 is 14.5 Å². The monoisotopic (exact) mass is 387 g/mol. The number of nitro groups is 1. The lowest BCUT2D eigenvalue weighted by Gasteiger charge is -2.39. The quantitative estimate of drug-likeness (QED) is 0.596. The molecule has 1 heterocycles. The molecule has 7 nitrogen and oxygen atoms in total. The van der Waals surface area contributed by atoms with Gasteiger partial charge in [-0.1, -0.05) is 11.6 Å². The summed E-state index contributed by atoms with van der Waals surface area (Å²) in [5, 5.41) is 11.4. The number of carbonyl (C=O) groups is 2. The standard InChI is InChI=1S/C19H18ClN3O4/c1-12-11-15(20)5-8-17(12)22-10-9-21(13(2)18(22)24)19(25)14-3-6-16(7-4-14)23(26)27/h3-8,11,13H,9-10H2,1-2H3/t13-/m1/s1. The van der Waals surface area contributed by atoms with Crippen molar-refractivity contribution in [3.05, 3.63) is 68.7 Å². The number of piperazine rings is 1. The Hall–Kier alpha value is -2.93. The normalized spacial score (nSPS) is 17.1. The Morgan fingerprint density at radius 1 is 1.19 bits per heavy atom. The zero-order chi connectivity index (χ0) is 19.7. The number of aryl methyl sites for hydroxylation is 1. The minimum absolute atomic E-state index is 0.0845. The van der Waals surface area contributed by atoms with E-state index in [1.807, 2.05) is 6.92 Å². The average molecular weight is 388 g/mol. The van der Waals surface area contributed by atoms with Gasteiger partial charge in [-0.3, -0.25) is 19.7 Å². The van der Waals surface area contributed by atoms with E-state index in [9.17, 15) is 19.7 Å². The Balaban J connectivity index is 1.79. The van der Waals surface area contributed by atoms with Gasteiger partial charge in [-0.05, 0) is 49.7 Å². The minimum atomic E-state index is -0.642. The van der Waals surface area contributed by atoms with Crippen molar-refractivity contribution >= 4 is 34.8 Å². The van der Waals surface area contributed by atoms with E-state index in [2.05, 4.69) is 0 Å². The molecule has 1 saturated heterocycles. The summed E-state index contributed by atoms with van der Waals surface area (Å²) in [5.74, 6) is -0.500. The Bertz CT molecular complexity index is 914. The third-order valence-corrected chi connectivity index (χ3v) is 4.93. The van der Waals surface area contributed by atoms with Crippen LogP contribution in [-0.4, -0.2) is 40.8 Å². The van der Waals surface area contributed by atoms with Crippen LogP contribution in [0.1, 0.15) is 22.8 Å². The van der Waals surface area contributed by atoms with Gasteiger partial charge in [0.1, 0.15) is 6.04 Å². The fourth-order valence-electron chi connectivity index (χ4n) is 3.20. The highest BCUT2D eigenvalue weighted by Gasteiger charge is 2.35. The number of hydrogen-bond acceptors (Lipinski definition) is 4. The van der Waals surface area contributed by atoms with Crippen molar-refractivity contribution in [2.45, 2.75) is 19.9 Å². The first-order chi connectivity index (χ1) is 12.8. The van der Waals surface area contributed by atoms with Gasteiger partial charge < -0.3 is 9.80 Å². The number of benzene rings is 2. The van der Waals surface area contributed by atoms with Gasteiger partial charge in [0.25, 0.3) is 11.6 Å². The van der Waals surface area contributed by atoms with Crippen molar-refractivity contribution in [3.8, 4) is 0 Å². The van der Waals surface area contributed by atoms with Gasteiger partial charge in [-0.2, -0.15) is 0 Å². The molecule has 27 heavy (non-hydrogen) atoms. The molecule has 8 heteroatoms. The second kappa shape index (κ2) is 7.36. The number of halogens is 1. The van der Waals surface area contributed by atoms with E-state index in [-0.39, 0.29) is 17.5 Å². The molecule has 0 aromatic heterocycles. The maximum absolute atomic E-state index is 12.9. The van der Waals surface area contributed by atoms with Gasteiger partial charge >= 0.3 is 0 Å². The Labute approximate surface area is 161 Å². The zero-order valence-corrected chi connectivity index (χ0v) is 15.6. The molecule has 0 unspecified atom stereocenters. The van der Waals surface area contributed by atoms with Crippen molar-refractivity contribution in [3.63, 3.8) is 0 Å². The van der Waals surface area contributed by atoms with Gasteiger partial charge in [0, 0.05) is 41.5 Å². The Kier molecular flexibility index (Phi) is 5.14. The van der Waals surface area contributed by atoms with Gasteiger partial charge in [0.05, 0.1) is 4.92 Å². The summed E-state index contributed by atoms with van der Waals surface area (Å²) in [7, 11) is 0.